The molecule has 2 rings (SSSR count). The lowest BCUT2D eigenvalue weighted by atomic mass is 10.2. The van der Waals surface area contributed by atoms with Crippen LogP contribution in [-0.4, -0.2) is 47.1 Å². The summed E-state index contributed by atoms with van der Waals surface area (Å²) in [6.45, 7) is 8.56. The molecule has 0 aromatic carbocycles. The summed E-state index contributed by atoms with van der Waals surface area (Å²) in [5.41, 5.74) is 5.64. The van der Waals surface area contributed by atoms with Gasteiger partial charge in [-0.15, -0.1) is 0 Å². The summed E-state index contributed by atoms with van der Waals surface area (Å²) in [6, 6.07) is 0.539. The Balaban J connectivity index is 2.16. The Hall–Kier alpha value is -0.880. The van der Waals surface area contributed by atoms with Gasteiger partial charge >= 0.3 is 0 Å². The molecule has 0 spiro atoms. The molecule has 2 heterocycles. The van der Waals surface area contributed by atoms with E-state index < -0.39 is 0 Å². The maximum absolute atomic E-state index is 5.64. The Labute approximate surface area is 110 Å². The van der Waals surface area contributed by atoms with Crippen molar-refractivity contribution in [2.75, 3.05) is 36.8 Å². The topological polar surface area (TPSA) is 58.3 Å². The van der Waals surface area contributed by atoms with Crippen LogP contribution in [0.3, 0.4) is 0 Å². The first-order valence-electron chi connectivity index (χ1n) is 5.88. The molecule has 2 N–H and O–H groups in total. The molecular weight excluding hydrogens is 282 g/mol. The van der Waals surface area contributed by atoms with E-state index in [1.165, 1.54) is 0 Å². The molecular formula is C11H18BrN5. The number of hydrogen-bond acceptors (Lipinski definition) is 5. The summed E-state index contributed by atoms with van der Waals surface area (Å²) in [7, 11) is 0. The predicted octanol–water partition coefficient (Wildman–Crippen LogP) is 1.35. The first-order valence-corrected chi connectivity index (χ1v) is 6.68. The van der Waals surface area contributed by atoms with Gasteiger partial charge < -0.3 is 10.6 Å². The van der Waals surface area contributed by atoms with Crippen molar-refractivity contribution in [3.63, 3.8) is 0 Å². The van der Waals surface area contributed by atoms with Crippen molar-refractivity contribution in [2.24, 2.45) is 0 Å². The monoisotopic (exact) mass is 299 g/mol. The van der Waals surface area contributed by atoms with E-state index in [0.29, 0.717) is 12.0 Å². The third-order valence-corrected chi connectivity index (χ3v) is 3.77. The van der Waals surface area contributed by atoms with Gasteiger partial charge in [-0.2, -0.15) is 4.98 Å². The average Bonchev–Trinajstić information content (AvgIpc) is 2.32. The standard InChI is InChI=1S/C11H18BrN5/c1-3-16-4-5-17(7-8(16)2)10-9(12)6-14-11(13)15-10/h6,8H,3-5,7H2,1-2H3,(H2,13,14,15). The minimum atomic E-state index is 0.328. The molecule has 1 aromatic heterocycles. The molecule has 1 aromatic rings. The smallest absolute Gasteiger partial charge is 0.222 e. The molecule has 1 atom stereocenters. The SMILES string of the molecule is CCN1CCN(c2nc(N)ncc2Br)CC1C. The molecule has 5 nitrogen and oxygen atoms in total. The molecule has 17 heavy (non-hydrogen) atoms. The van der Waals surface area contributed by atoms with E-state index in [2.05, 4.69) is 49.5 Å². The Morgan fingerprint density at radius 3 is 2.94 bits per heavy atom. The summed E-state index contributed by atoms with van der Waals surface area (Å²) in [5.74, 6) is 1.23. The number of aromatic nitrogens is 2. The minimum absolute atomic E-state index is 0.328. The zero-order valence-corrected chi connectivity index (χ0v) is 11.8. The molecule has 0 saturated carbocycles. The first-order chi connectivity index (χ1) is 8.11. The van der Waals surface area contributed by atoms with E-state index in [4.69, 9.17) is 5.73 Å². The van der Waals surface area contributed by atoms with Crippen LogP contribution in [0.25, 0.3) is 0 Å². The van der Waals surface area contributed by atoms with Gasteiger partial charge in [-0.05, 0) is 29.4 Å². The lowest BCUT2D eigenvalue weighted by Crippen LogP contribution is -2.52. The summed E-state index contributed by atoms with van der Waals surface area (Å²) >= 11 is 3.48. The lowest BCUT2D eigenvalue weighted by Gasteiger charge is -2.40. The van der Waals surface area contributed by atoms with E-state index in [-0.39, 0.29) is 0 Å². The van der Waals surface area contributed by atoms with E-state index in [1.807, 2.05) is 0 Å². The van der Waals surface area contributed by atoms with Crippen LogP contribution >= 0.6 is 15.9 Å². The second kappa shape index (κ2) is 5.18. The molecule has 94 valence electrons. The van der Waals surface area contributed by atoms with Crippen molar-refractivity contribution < 1.29 is 0 Å². The summed E-state index contributed by atoms with van der Waals surface area (Å²) in [5, 5.41) is 0. The van der Waals surface area contributed by atoms with Gasteiger partial charge in [-0.3, -0.25) is 4.90 Å². The molecule has 1 unspecified atom stereocenters. The number of nitrogens with two attached hydrogens (primary N) is 1. The fraction of sp³-hybridized carbons (Fsp3) is 0.636. The summed E-state index contributed by atoms with van der Waals surface area (Å²) in [6.07, 6.45) is 1.72. The van der Waals surface area contributed by atoms with Crippen LogP contribution < -0.4 is 10.6 Å². The predicted molar refractivity (Wildman–Crippen MR) is 73.1 cm³/mol. The third kappa shape index (κ3) is 2.69. The number of likely N-dealkylation sites (N-methyl/N-ethyl adjacent to an activating group) is 1. The summed E-state index contributed by atoms with van der Waals surface area (Å²) in [4.78, 5) is 13.0. The van der Waals surface area contributed by atoms with Gasteiger partial charge in [0.05, 0.1) is 4.47 Å². The van der Waals surface area contributed by atoms with Gasteiger partial charge in [0.2, 0.25) is 5.95 Å². The van der Waals surface area contributed by atoms with E-state index >= 15 is 0 Å². The van der Waals surface area contributed by atoms with Crippen LogP contribution in [0.1, 0.15) is 13.8 Å². The highest BCUT2D eigenvalue weighted by molar-refractivity contribution is 9.10. The third-order valence-electron chi connectivity index (χ3n) is 3.22. The molecule has 0 bridgehead atoms. The molecule has 0 radical (unpaired) electrons. The van der Waals surface area contributed by atoms with Gasteiger partial charge in [0.15, 0.2) is 0 Å². The fourth-order valence-corrected chi connectivity index (χ4v) is 2.69. The zero-order valence-electron chi connectivity index (χ0n) is 10.2. The first kappa shape index (κ1) is 12.6. The largest absolute Gasteiger partial charge is 0.368 e. The van der Waals surface area contributed by atoms with Crippen molar-refractivity contribution in [2.45, 2.75) is 19.9 Å². The number of anilines is 2. The molecule has 0 amide bonds. The zero-order chi connectivity index (χ0) is 12.4. The van der Waals surface area contributed by atoms with Gasteiger partial charge in [0.1, 0.15) is 5.82 Å². The van der Waals surface area contributed by atoms with Gasteiger partial charge in [-0.25, -0.2) is 4.98 Å². The molecule has 1 aliphatic rings. The van der Waals surface area contributed by atoms with Crippen LogP contribution in [0.15, 0.2) is 10.7 Å². The van der Waals surface area contributed by atoms with E-state index in [1.54, 1.807) is 6.20 Å². The average molecular weight is 300 g/mol. The Bertz CT molecular complexity index is 397. The molecule has 0 aliphatic carbocycles. The van der Waals surface area contributed by atoms with Crippen molar-refractivity contribution in [1.82, 2.24) is 14.9 Å². The van der Waals surface area contributed by atoms with Crippen molar-refractivity contribution in [1.29, 1.82) is 0 Å². The number of nitrogen functional groups attached to an aromatic ring is 1. The highest BCUT2D eigenvalue weighted by Crippen LogP contribution is 2.25. The lowest BCUT2D eigenvalue weighted by molar-refractivity contribution is 0.199. The maximum atomic E-state index is 5.64. The normalized spacial score (nSPS) is 21.8. The minimum Gasteiger partial charge on any atom is -0.368 e. The molecule has 1 fully saturated rings. The summed E-state index contributed by atoms with van der Waals surface area (Å²) < 4.78 is 0.906. The van der Waals surface area contributed by atoms with Crippen molar-refractivity contribution in [3.8, 4) is 0 Å². The second-order valence-electron chi connectivity index (χ2n) is 4.32. The van der Waals surface area contributed by atoms with Gasteiger partial charge in [-0.1, -0.05) is 6.92 Å². The van der Waals surface area contributed by atoms with Crippen LogP contribution in [-0.2, 0) is 0 Å². The number of rotatable bonds is 2. The van der Waals surface area contributed by atoms with Gasteiger partial charge in [0, 0.05) is 31.9 Å². The number of piperazine rings is 1. The molecule has 1 saturated heterocycles. The molecule has 1 aliphatic heterocycles. The van der Waals surface area contributed by atoms with Crippen LogP contribution in [0.4, 0.5) is 11.8 Å². The Morgan fingerprint density at radius 2 is 2.29 bits per heavy atom. The van der Waals surface area contributed by atoms with Gasteiger partial charge in [0.25, 0.3) is 0 Å². The quantitative estimate of drug-likeness (QED) is 0.893. The second-order valence-corrected chi connectivity index (χ2v) is 5.18. The van der Waals surface area contributed by atoms with Crippen molar-refractivity contribution >= 4 is 27.7 Å². The highest BCUT2D eigenvalue weighted by Gasteiger charge is 2.24. The van der Waals surface area contributed by atoms with Crippen LogP contribution in [0.5, 0.6) is 0 Å². The number of nitrogens with zero attached hydrogens (tertiary/aromatic N) is 4. The Kier molecular flexibility index (Phi) is 3.83. The fourth-order valence-electron chi connectivity index (χ4n) is 2.25. The van der Waals surface area contributed by atoms with Crippen molar-refractivity contribution in [3.05, 3.63) is 10.7 Å². The van der Waals surface area contributed by atoms with Crippen LogP contribution in [0.2, 0.25) is 0 Å². The number of halogens is 1. The van der Waals surface area contributed by atoms with E-state index in [0.717, 1.165) is 36.5 Å². The molecule has 6 heteroatoms. The van der Waals surface area contributed by atoms with Crippen LogP contribution in [0, 0.1) is 0 Å². The highest BCUT2D eigenvalue weighted by atomic mass is 79.9. The van der Waals surface area contributed by atoms with E-state index in [9.17, 15) is 0 Å². The Morgan fingerprint density at radius 1 is 1.53 bits per heavy atom. The maximum Gasteiger partial charge on any atom is 0.222 e. The number of hydrogen-bond donors (Lipinski definition) is 1.